The van der Waals surface area contributed by atoms with Gasteiger partial charge in [0.15, 0.2) is 0 Å². The van der Waals surface area contributed by atoms with Gasteiger partial charge in [0.2, 0.25) is 0 Å². The number of nitrogens with zero attached hydrogens (tertiary/aromatic N) is 3. The molecule has 5 aromatic rings. The minimum Gasteiger partial charge on any atom is -0.369 e. The number of hydrogen-bond donors (Lipinski definition) is 1. The van der Waals surface area contributed by atoms with Crippen LogP contribution in [0.2, 0.25) is 0 Å². The molecule has 1 unspecified atom stereocenters. The second-order valence-corrected chi connectivity index (χ2v) is 10.6. The van der Waals surface area contributed by atoms with Crippen LogP contribution in [0, 0.1) is 0 Å². The van der Waals surface area contributed by atoms with Crippen LogP contribution in [0.25, 0.3) is 32.4 Å². The van der Waals surface area contributed by atoms with Crippen molar-refractivity contribution in [3.8, 4) is 10.6 Å². The zero-order valence-electron chi connectivity index (χ0n) is 20.5. The number of hydrogen-bond acceptors (Lipinski definition) is 5. The van der Waals surface area contributed by atoms with Crippen LogP contribution in [-0.4, -0.2) is 27.1 Å². The summed E-state index contributed by atoms with van der Waals surface area (Å²) in [6.45, 7) is 3.19. The van der Waals surface area contributed by atoms with Crippen molar-refractivity contribution in [3.63, 3.8) is 0 Å². The molecule has 1 aliphatic heterocycles. The molecule has 1 fully saturated rings. The van der Waals surface area contributed by atoms with Gasteiger partial charge in [-0.05, 0) is 60.7 Å². The third-order valence-corrected chi connectivity index (χ3v) is 8.00. The molecule has 3 aromatic carbocycles. The standard InChI is InChI=1S/C30H32N4OS/c1-2-7-25-19-28-27(18-24(25)6-1)33-29(34(28)16-5-9-26-8-3-4-14-31-26)21-35-20-22-10-12-23(13-11-22)30-32-15-17-36-30/h1-2,6-7,10-13,15,17-19,26,31H,3-5,8-9,14,16,20-21H2. The first-order chi connectivity index (χ1) is 17.8. The van der Waals surface area contributed by atoms with Crippen LogP contribution in [-0.2, 0) is 24.5 Å². The van der Waals surface area contributed by atoms with E-state index in [1.807, 2.05) is 11.6 Å². The summed E-state index contributed by atoms with van der Waals surface area (Å²) in [5.74, 6) is 1.01. The molecule has 0 radical (unpaired) electrons. The van der Waals surface area contributed by atoms with Crippen LogP contribution in [0.1, 0.15) is 43.5 Å². The zero-order chi connectivity index (χ0) is 24.2. The second kappa shape index (κ2) is 10.9. The van der Waals surface area contributed by atoms with Crippen LogP contribution in [0.3, 0.4) is 0 Å². The first-order valence-corrected chi connectivity index (χ1v) is 13.9. The van der Waals surface area contributed by atoms with Crippen molar-refractivity contribution in [2.75, 3.05) is 6.54 Å². The number of imidazole rings is 1. The smallest absolute Gasteiger partial charge is 0.136 e. The van der Waals surface area contributed by atoms with Gasteiger partial charge in [0.05, 0.1) is 17.6 Å². The van der Waals surface area contributed by atoms with Crippen molar-refractivity contribution >= 4 is 33.1 Å². The summed E-state index contributed by atoms with van der Waals surface area (Å²) in [6.07, 6.45) is 8.15. The Hall–Kier alpha value is -3.06. The van der Waals surface area contributed by atoms with E-state index in [2.05, 4.69) is 75.5 Å². The minimum atomic E-state index is 0.501. The quantitative estimate of drug-likeness (QED) is 0.240. The highest BCUT2D eigenvalue weighted by atomic mass is 32.1. The summed E-state index contributed by atoms with van der Waals surface area (Å²) in [6, 6.07) is 22.2. The minimum absolute atomic E-state index is 0.501. The summed E-state index contributed by atoms with van der Waals surface area (Å²) < 4.78 is 8.58. The van der Waals surface area contributed by atoms with Crippen molar-refractivity contribution < 1.29 is 4.74 Å². The molecule has 0 spiro atoms. The van der Waals surface area contributed by atoms with E-state index < -0.39 is 0 Å². The summed E-state index contributed by atoms with van der Waals surface area (Å²) >= 11 is 1.66. The van der Waals surface area contributed by atoms with E-state index in [-0.39, 0.29) is 0 Å². The Morgan fingerprint density at radius 2 is 1.86 bits per heavy atom. The van der Waals surface area contributed by atoms with Gasteiger partial charge >= 0.3 is 0 Å². The first kappa shape index (κ1) is 23.3. The topological polar surface area (TPSA) is 52.0 Å². The van der Waals surface area contributed by atoms with Crippen LogP contribution in [0.5, 0.6) is 0 Å². The highest BCUT2D eigenvalue weighted by Gasteiger charge is 2.15. The number of benzene rings is 3. The Balaban J connectivity index is 1.18. The lowest BCUT2D eigenvalue weighted by Crippen LogP contribution is -2.34. The number of piperidine rings is 1. The summed E-state index contributed by atoms with van der Waals surface area (Å²) in [5, 5.41) is 9.23. The van der Waals surface area contributed by atoms with Gasteiger partial charge in [0.1, 0.15) is 17.4 Å². The molecule has 0 amide bonds. The van der Waals surface area contributed by atoms with Gasteiger partial charge < -0.3 is 14.6 Å². The number of aromatic nitrogens is 3. The zero-order valence-corrected chi connectivity index (χ0v) is 21.3. The maximum Gasteiger partial charge on any atom is 0.136 e. The Labute approximate surface area is 216 Å². The lowest BCUT2D eigenvalue weighted by molar-refractivity contribution is 0.0995. The second-order valence-electron chi connectivity index (χ2n) is 9.68. The molecule has 3 heterocycles. The predicted octanol–water partition coefficient (Wildman–Crippen LogP) is 6.95. The maximum absolute atomic E-state index is 6.19. The number of thiazole rings is 1. The maximum atomic E-state index is 6.19. The van der Waals surface area contributed by atoms with Crippen LogP contribution in [0.4, 0.5) is 0 Å². The molecule has 1 aliphatic rings. The Bertz CT molecular complexity index is 1420. The number of fused-ring (bicyclic) bond motifs is 2. The van der Waals surface area contributed by atoms with Gasteiger partial charge in [-0.25, -0.2) is 9.97 Å². The van der Waals surface area contributed by atoms with Crippen molar-refractivity contribution in [2.45, 2.75) is 57.9 Å². The molecule has 6 heteroatoms. The van der Waals surface area contributed by atoms with E-state index in [1.54, 1.807) is 11.3 Å². The summed E-state index contributed by atoms with van der Waals surface area (Å²) in [5.41, 5.74) is 4.56. The van der Waals surface area contributed by atoms with E-state index in [0.717, 1.165) is 47.0 Å². The van der Waals surface area contributed by atoms with E-state index in [1.165, 1.54) is 42.0 Å². The molecular weight excluding hydrogens is 464 g/mol. The molecule has 1 atom stereocenters. The number of rotatable bonds is 9. The Kier molecular flexibility index (Phi) is 7.07. The van der Waals surface area contributed by atoms with Crippen molar-refractivity contribution in [2.24, 2.45) is 0 Å². The third kappa shape index (κ3) is 5.21. The van der Waals surface area contributed by atoms with Crippen molar-refractivity contribution in [1.29, 1.82) is 0 Å². The lowest BCUT2D eigenvalue weighted by atomic mass is 10.0. The third-order valence-electron chi connectivity index (χ3n) is 7.17. The normalized spacial score (nSPS) is 16.2. The summed E-state index contributed by atoms with van der Waals surface area (Å²) in [4.78, 5) is 9.42. The van der Waals surface area contributed by atoms with E-state index in [9.17, 15) is 0 Å². The molecule has 6 rings (SSSR count). The monoisotopic (exact) mass is 496 g/mol. The van der Waals surface area contributed by atoms with Crippen LogP contribution < -0.4 is 5.32 Å². The van der Waals surface area contributed by atoms with Crippen molar-refractivity contribution in [1.82, 2.24) is 19.9 Å². The van der Waals surface area contributed by atoms with Gasteiger partial charge in [-0.2, -0.15) is 0 Å². The molecule has 0 aliphatic carbocycles. The molecule has 36 heavy (non-hydrogen) atoms. The van der Waals surface area contributed by atoms with Gasteiger partial charge in [-0.15, -0.1) is 11.3 Å². The SMILES string of the molecule is c1ccc2cc3c(cc2c1)nc(COCc1ccc(-c2nccs2)cc1)n3CCCC1CCCCN1. The van der Waals surface area contributed by atoms with E-state index in [4.69, 9.17) is 9.72 Å². The average Bonchev–Trinajstić information content (AvgIpc) is 3.57. The molecule has 5 nitrogen and oxygen atoms in total. The first-order valence-electron chi connectivity index (χ1n) is 13.0. The summed E-state index contributed by atoms with van der Waals surface area (Å²) in [7, 11) is 0. The number of aryl methyl sites for hydroxylation is 1. The van der Waals surface area contributed by atoms with E-state index >= 15 is 0 Å². The van der Waals surface area contributed by atoms with Gasteiger partial charge in [0, 0.05) is 29.7 Å². The molecule has 1 saturated heterocycles. The Morgan fingerprint density at radius 3 is 2.64 bits per heavy atom. The fourth-order valence-corrected chi connectivity index (χ4v) is 5.90. The largest absolute Gasteiger partial charge is 0.369 e. The Morgan fingerprint density at radius 1 is 1.00 bits per heavy atom. The fraction of sp³-hybridized carbons (Fsp3) is 0.333. The highest BCUT2D eigenvalue weighted by Crippen LogP contribution is 2.26. The highest BCUT2D eigenvalue weighted by molar-refractivity contribution is 7.13. The predicted molar refractivity (Wildman–Crippen MR) is 148 cm³/mol. The molecule has 0 bridgehead atoms. The van der Waals surface area contributed by atoms with Gasteiger partial charge in [-0.1, -0.05) is 55.0 Å². The lowest BCUT2D eigenvalue weighted by Gasteiger charge is -2.23. The molecule has 184 valence electrons. The molecule has 0 saturated carbocycles. The van der Waals surface area contributed by atoms with Gasteiger partial charge in [0.25, 0.3) is 0 Å². The molecular formula is C30H32N4OS. The average molecular weight is 497 g/mol. The van der Waals surface area contributed by atoms with E-state index in [0.29, 0.717) is 19.3 Å². The van der Waals surface area contributed by atoms with Crippen molar-refractivity contribution in [3.05, 3.63) is 83.6 Å². The van der Waals surface area contributed by atoms with Gasteiger partial charge in [-0.3, -0.25) is 0 Å². The number of nitrogens with one attached hydrogen (secondary N) is 1. The number of ether oxygens (including phenoxy) is 1. The molecule has 2 aromatic heterocycles. The fourth-order valence-electron chi connectivity index (χ4n) is 5.26. The van der Waals surface area contributed by atoms with Crippen LogP contribution in [0.15, 0.2) is 72.2 Å². The van der Waals surface area contributed by atoms with Crippen LogP contribution >= 0.6 is 11.3 Å². The molecule has 1 N–H and O–H groups in total.